The molecule has 1 aromatic carbocycles. The lowest BCUT2D eigenvalue weighted by Crippen LogP contribution is -2.24. The van der Waals surface area contributed by atoms with Gasteiger partial charge in [-0.2, -0.15) is 18.4 Å². The zero-order valence-electron chi connectivity index (χ0n) is 7.81. The molecule has 1 rings (SSSR count). The third kappa shape index (κ3) is 2.57. The lowest BCUT2D eigenvalue weighted by Gasteiger charge is -2.07. The fraction of sp³-hybridized carbons (Fsp3) is 0.200. The minimum Gasteiger partial charge on any atom is -0.284 e. The largest absolute Gasteiger partial charge is 0.454 e. The number of nitriles is 1. The van der Waals surface area contributed by atoms with E-state index >= 15 is 0 Å². The minimum atomic E-state index is -5.12. The van der Waals surface area contributed by atoms with Gasteiger partial charge in [-0.1, -0.05) is 6.07 Å². The van der Waals surface area contributed by atoms with Gasteiger partial charge in [0.25, 0.3) is 5.78 Å². The molecular weight excluding hydrogens is 226 g/mol. The van der Waals surface area contributed by atoms with Gasteiger partial charge < -0.3 is 0 Å². The van der Waals surface area contributed by atoms with Crippen LogP contribution in [0.5, 0.6) is 0 Å². The fourth-order valence-electron chi connectivity index (χ4n) is 1.10. The number of Topliss-reactive ketones (excluding diaryl/α,β-unsaturated/α-hetero) is 1. The van der Waals surface area contributed by atoms with Crippen molar-refractivity contribution >= 4 is 5.78 Å². The van der Waals surface area contributed by atoms with Crippen molar-refractivity contribution in [3.8, 4) is 6.07 Å². The van der Waals surface area contributed by atoms with Crippen LogP contribution in [-0.4, -0.2) is 12.0 Å². The average Bonchev–Trinajstić information content (AvgIpc) is 2.19. The first-order valence-corrected chi connectivity index (χ1v) is 4.13. The maximum absolute atomic E-state index is 13.0. The smallest absolute Gasteiger partial charge is 0.284 e. The molecule has 0 N–H and O–H groups in total. The predicted octanol–water partition coefficient (Wildman–Crippen LogP) is 2.64. The van der Waals surface area contributed by atoms with Crippen LogP contribution in [0.4, 0.5) is 17.6 Å². The van der Waals surface area contributed by atoms with Crippen molar-refractivity contribution in [2.24, 2.45) is 0 Å². The van der Waals surface area contributed by atoms with E-state index in [1.165, 1.54) is 0 Å². The Kier molecular flexibility index (Phi) is 3.28. The molecule has 0 radical (unpaired) electrons. The Labute approximate surface area is 88.1 Å². The van der Waals surface area contributed by atoms with Gasteiger partial charge in [0.05, 0.1) is 18.1 Å². The molecule has 0 saturated carbocycles. The summed E-state index contributed by atoms with van der Waals surface area (Å²) in [6.07, 6.45) is -5.30. The molecule has 1 aromatic rings. The summed E-state index contributed by atoms with van der Waals surface area (Å²) in [7, 11) is 0. The Morgan fingerprint density at radius 2 is 2.00 bits per heavy atom. The van der Waals surface area contributed by atoms with Gasteiger partial charge in [-0.3, -0.25) is 4.79 Å². The Morgan fingerprint density at radius 3 is 2.50 bits per heavy atom. The van der Waals surface area contributed by atoms with Crippen molar-refractivity contribution in [3.63, 3.8) is 0 Å². The van der Waals surface area contributed by atoms with Crippen molar-refractivity contribution in [2.45, 2.75) is 12.6 Å². The van der Waals surface area contributed by atoms with E-state index in [9.17, 15) is 22.4 Å². The van der Waals surface area contributed by atoms with Gasteiger partial charge in [0.1, 0.15) is 5.82 Å². The van der Waals surface area contributed by atoms with Crippen LogP contribution in [0.2, 0.25) is 0 Å². The molecule has 0 spiro atoms. The first-order chi connectivity index (χ1) is 7.36. The number of benzene rings is 1. The number of alkyl halides is 3. The third-order valence-electron chi connectivity index (χ3n) is 1.82. The van der Waals surface area contributed by atoms with E-state index in [0.29, 0.717) is 0 Å². The van der Waals surface area contributed by atoms with Crippen LogP contribution in [0.1, 0.15) is 15.9 Å². The lowest BCUT2D eigenvalue weighted by molar-refractivity contribution is -0.0887. The van der Waals surface area contributed by atoms with Gasteiger partial charge in [-0.25, -0.2) is 4.39 Å². The summed E-state index contributed by atoms with van der Waals surface area (Å²) in [6.45, 7) is 0. The van der Waals surface area contributed by atoms with Crippen molar-refractivity contribution in [3.05, 3.63) is 35.1 Å². The van der Waals surface area contributed by atoms with Crippen molar-refractivity contribution in [1.29, 1.82) is 5.26 Å². The average molecular weight is 231 g/mol. The monoisotopic (exact) mass is 231 g/mol. The van der Waals surface area contributed by atoms with Gasteiger partial charge in [0.2, 0.25) is 0 Å². The summed E-state index contributed by atoms with van der Waals surface area (Å²) >= 11 is 0. The van der Waals surface area contributed by atoms with Gasteiger partial charge in [-0.15, -0.1) is 0 Å². The number of carbonyl (C=O) groups is 1. The molecule has 84 valence electrons. The zero-order valence-corrected chi connectivity index (χ0v) is 7.81. The standard InChI is InChI=1S/C10H5F4NO/c11-8-2-1-6(3-4-15)5-7(8)9(16)10(12,13)14/h1-2,5H,3H2. The molecule has 0 heterocycles. The van der Waals surface area contributed by atoms with E-state index in [1.807, 2.05) is 0 Å². The van der Waals surface area contributed by atoms with Crippen LogP contribution in [0.3, 0.4) is 0 Å². The van der Waals surface area contributed by atoms with E-state index in [-0.39, 0.29) is 12.0 Å². The second-order valence-corrected chi connectivity index (χ2v) is 2.98. The number of halogens is 4. The first kappa shape index (κ1) is 12.2. The van der Waals surface area contributed by atoms with Crippen molar-refractivity contribution < 1.29 is 22.4 Å². The number of hydrogen-bond acceptors (Lipinski definition) is 2. The normalized spacial score (nSPS) is 10.9. The van der Waals surface area contributed by atoms with Crippen LogP contribution >= 0.6 is 0 Å². The second-order valence-electron chi connectivity index (χ2n) is 2.98. The molecule has 0 unspecified atom stereocenters. The number of ketones is 1. The Hall–Kier alpha value is -1.90. The summed E-state index contributed by atoms with van der Waals surface area (Å²) in [5.41, 5.74) is -0.892. The van der Waals surface area contributed by atoms with E-state index in [1.54, 1.807) is 6.07 Å². The molecule has 0 aliphatic carbocycles. The molecule has 0 amide bonds. The maximum Gasteiger partial charge on any atom is 0.454 e. The Morgan fingerprint density at radius 1 is 1.38 bits per heavy atom. The fourth-order valence-corrected chi connectivity index (χ4v) is 1.10. The van der Waals surface area contributed by atoms with Crippen molar-refractivity contribution in [1.82, 2.24) is 0 Å². The van der Waals surface area contributed by atoms with E-state index in [4.69, 9.17) is 5.26 Å². The molecule has 0 aliphatic rings. The van der Waals surface area contributed by atoms with Crippen LogP contribution in [0.15, 0.2) is 18.2 Å². The number of hydrogen-bond donors (Lipinski definition) is 0. The minimum absolute atomic E-state index is 0.163. The van der Waals surface area contributed by atoms with Gasteiger partial charge in [0.15, 0.2) is 0 Å². The molecule has 0 atom stereocenters. The molecule has 0 aromatic heterocycles. The highest BCUT2D eigenvalue weighted by Gasteiger charge is 2.40. The highest BCUT2D eigenvalue weighted by atomic mass is 19.4. The molecular formula is C10H5F4NO. The molecule has 0 aliphatic heterocycles. The van der Waals surface area contributed by atoms with Crippen LogP contribution in [-0.2, 0) is 6.42 Å². The Bertz CT molecular complexity index is 459. The van der Waals surface area contributed by atoms with Gasteiger partial charge >= 0.3 is 6.18 Å². The van der Waals surface area contributed by atoms with Crippen molar-refractivity contribution in [2.75, 3.05) is 0 Å². The van der Waals surface area contributed by atoms with E-state index < -0.39 is 23.3 Å². The topological polar surface area (TPSA) is 40.9 Å². The summed E-state index contributed by atoms with van der Waals surface area (Å²) < 4.78 is 49.1. The van der Waals surface area contributed by atoms with Crippen LogP contribution in [0, 0.1) is 17.1 Å². The highest BCUT2D eigenvalue weighted by Crippen LogP contribution is 2.23. The molecule has 6 heteroatoms. The molecule has 0 bridgehead atoms. The number of nitrogens with zero attached hydrogens (tertiary/aromatic N) is 1. The van der Waals surface area contributed by atoms with Crippen LogP contribution < -0.4 is 0 Å². The lowest BCUT2D eigenvalue weighted by atomic mass is 10.0. The summed E-state index contributed by atoms with van der Waals surface area (Å²) in [5, 5.41) is 8.33. The van der Waals surface area contributed by atoms with E-state index in [0.717, 1.165) is 18.2 Å². The summed E-state index contributed by atoms with van der Waals surface area (Å²) in [4.78, 5) is 10.8. The molecule has 2 nitrogen and oxygen atoms in total. The zero-order chi connectivity index (χ0) is 12.3. The molecule has 0 fully saturated rings. The van der Waals surface area contributed by atoms with Gasteiger partial charge in [-0.05, 0) is 17.7 Å². The van der Waals surface area contributed by atoms with Crippen LogP contribution in [0.25, 0.3) is 0 Å². The SMILES string of the molecule is N#CCc1ccc(F)c(C(=O)C(F)(F)F)c1. The quantitative estimate of drug-likeness (QED) is 0.579. The van der Waals surface area contributed by atoms with E-state index in [2.05, 4.69) is 0 Å². The predicted molar refractivity (Wildman–Crippen MR) is 46.1 cm³/mol. The summed E-state index contributed by atoms with van der Waals surface area (Å²) in [5.74, 6) is -3.49. The number of carbonyl (C=O) groups excluding carboxylic acids is 1. The maximum atomic E-state index is 13.0. The second kappa shape index (κ2) is 4.31. The first-order valence-electron chi connectivity index (χ1n) is 4.13. The highest BCUT2D eigenvalue weighted by molar-refractivity contribution is 6.00. The Balaban J connectivity index is 3.18. The molecule has 0 saturated heterocycles. The third-order valence-corrected chi connectivity index (χ3v) is 1.82. The van der Waals surface area contributed by atoms with Gasteiger partial charge in [0, 0.05) is 0 Å². The summed E-state index contributed by atoms with van der Waals surface area (Å²) in [6, 6.07) is 4.34. The molecule has 16 heavy (non-hydrogen) atoms. The number of rotatable bonds is 2.